The van der Waals surface area contributed by atoms with Crippen molar-refractivity contribution in [2.75, 3.05) is 6.54 Å². The first-order chi connectivity index (χ1) is 11.8. The van der Waals surface area contributed by atoms with E-state index >= 15 is 0 Å². The molecular formula is C20H22N2O3. The molecule has 2 aromatic rings. The number of fused-ring (bicyclic) bond motifs is 1. The average molecular weight is 338 g/mol. The number of para-hydroxylation sites is 1. The van der Waals surface area contributed by atoms with Gasteiger partial charge in [-0.3, -0.25) is 19.0 Å². The number of Topliss-reactive ketones (excluding diaryl/α,β-unsaturated/α-hetero) is 1. The predicted octanol–water partition coefficient (Wildman–Crippen LogP) is 2.74. The highest BCUT2D eigenvalue weighted by atomic mass is 16.2. The number of carbonyl (C=O) groups is 2. The van der Waals surface area contributed by atoms with Gasteiger partial charge in [-0.05, 0) is 36.5 Å². The Morgan fingerprint density at radius 2 is 1.84 bits per heavy atom. The Morgan fingerprint density at radius 3 is 2.48 bits per heavy atom. The number of hydrogen-bond acceptors (Lipinski definition) is 3. The Labute approximate surface area is 146 Å². The Kier molecular flexibility index (Phi) is 4.33. The number of nitrogens with zero attached hydrogens (tertiary/aromatic N) is 1. The molecule has 1 N–H and O–H groups in total. The third-order valence-corrected chi connectivity index (χ3v) is 4.51. The summed E-state index contributed by atoms with van der Waals surface area (Å²) in [6.45, 7) is 6.19. The van der Waals surface area contributed by atoms with Crippen molar-refractivity contribution in [3.8, 4) is 5.69 Å². The van der Waals surface area contributed by atoms with Crippen molar-refractivity contribution >= 4 is 11.7 Å². The van der Waals surface area contributed by atoms with Gasteiger partial charge in [0.2, 0.25) is 0 Å². The monoisotopic (exact) mass is 338 g/mol. The van der Waals surface area contributed by atoms with Gasteiger partial charge >= 0.3 is 0 Å². The molecule has 25 heavy (non-hydrogen) atoms. The molecule has 1 aliphatic rings. The number of carbonyl (C=O) groups excluding carboxylic acids is 2. The molecule has 130 valence electrons. The van der Waals surface area contributed by atoms with Crippen LogP contribution in [0.1, 0.15) is 53.5 Å². The van der Waals surface area contributed by atoms with Gasteiger partial charge < -0.3 is 5.32 Å². The molecule has 1 aromatic carbocycles. The molecule has 0 saturated heterocycles. The molecule has 0 unspecified atom stereocenters. The van der Waals surface area contributed by atoms with Crippen LogP contribution in [0, 0.1) is 5.41 Å². The van der Waals surface area contributed by atoms with Crippen molar-refractivity contribution in [2.45, 2.75) is 33.6 Å². The van der Waals surface area contributed by atoms with Crippen LogP contribution in [0.5, 0.6) is 0 Å². The van der Waals surface area contributed by atoms with E-state index in [4.69, 9.17) is 0 Å². The normalized spacial score (nSPS) is 15.6. The first kappa shape index (κ1) is 17.1. The van der Waals surface area contributed by atoms with Crippen LogP contribution >= 0.6 is 0 Å². The van der Waals surface area contributed by atoms with Gasteiger partial charge in [0.15, 0.2) is 5.78 Å². The Morgan fingerprint density at radius 1 is 1.16 bits per heavy atom. The standard InChI is InChI=1S/C20H22N2O3/c1-4-21-18(24)17-14-10-20(2,3)11-16(23)15(14)12-22(19(17)25)13-8-6-5-7-9-13/h5-9,12H,4,10-11H2,1-3H3,(H,21,24). The Balaban J connectivity index is 2.31. The molecular weight excluding hydrogens is 316 g/mol. The average Bonchev–Trinajstić information content (AvgIpc) is 2.54. The number of benzene rings is 1. The van der Waals surface area contributed by atoms with Gasteiger partial charge in [-0.2, -0.15) is 0 Å². The topological polar surface area (TPSA) is 68.2 Å². The number of hydrogen-bond donors (Lipinski definition) is 1. The van der Waals surface area contributed by atoms with Crippen LogP contribution in [0.25, 0.3) is 5.69 Å². The van der Waals surface area contributed by atoms with Crippen LogP contribution in [0.2, 0.25) is 0 Å². The van der Waals surface area contributed by atoms with Crippen LogP contribution in [-0.4, -0.2) is 22.8 Å². The largest absolute Gasteiger partial charge is 0.352 e. The Bertz CT molecular complexity index is 895. The van der Waals surface area contributed by atoms with E-state index < -0.39 is 5.91 Å². The summed E-state index contributed by atoms with van der Waals surface area (Å²) in [6.07, 6.45) is 2.53. The molecule has 5 heteroatoms. The summed E-state index contributed by atoms with van der Waals surface area (Å²) in [5.74, 6) is -0.444. The van der Waals surface area contributed by atoms with Gasteiger partial charge in [0.05, 0.1) is 0 Å². The minimum Gasteiger partial charge on any atom is -0.352 e. The molecule has 1 aliphatic carbocycles. The first-order valence-electron chi connectivity index (χ1n) is 8.49. The third kappa shape index (κ3) is 3.14. The van der Waals surface area contributed by atoms with E-state index in [1.54, 1.807) is 25.3 Å². The molecule has 0 atom stereocenters. The third-order valence-electron chi connectivity index (χ3n) is 4.51. The fraction of sp³-hybridized carbons (Fsp3) is 0.350. The van der Waals surface area contributed by atoms with E-state index in [-0.39, 0.29) is 22.3 Å². The zero-order valence-electron chi connectivity index (χ0n) is 14.8. The molecule has 1 aromatic heterocycles. The maximum atomic E-state index is 13.1. The lowest BCUT2D eigenvalue weighted by Crippen LogP contribution is -2.39. The minimum absolute atomic E-state index is 0.0264. The van der Waals surface area contributed by atoms with Gasteiger partial charge in [0, 0.05) is 30.4 Å². The molecule has 0 radical (unpaired) electrons. The van der Waals surface area contributed by atoms with Crippen LogP contribution < -0.4 is 10.9 Å². The van der Waals surface area contributed by atoms with Crippen molar-refractivity contribution < 1.29 is 9.59 Å². The van der Waals surface area contributed by atoms with E-state index in [0.717, 1.165) is 0 Å². The van der Waals surface area contributed by atoms with Crippen molar-refractivity contribution in [2.24, 2.45) is 5.41 Å². The maximum Gasteiger partial charge on any atom is 0.268 e. The maximum absolute atomic E-state index is 13.1. The van der Waals surface area contributed by atoms with Crippen LogP contribution in [0.3, 0.4) is 0 Å². The van der Waals surface area contributed by atoms with Crippen molar-refractivity contribution in [1.29, 1.82) is 0 Å². The molecule has 0 bridgehead atoms. The Hall–Kier alpha value is -2.69. The summed E-state index contributed by atoms with van der Waals surface area (Å²) in [7, 11) is 0. The molecule has 1 heterocycles. The molecule has 1 amide bonds. The van der Waals surface area contributed by atoms with Crippen LogP contribution in [0.15, 0.2) is 41.3 Å². The lowest BCUT2D eigenvalue weighted by Gasteiger charge is -2.31. The number of aromatic nitrogens is 1. The van der Waals surface area contributed by atoms with Gasteiger partial charge in [-0.1, -0.05) is 32.0 Å². The van der Waals surface area contributed by atoms with Crippen molar-refractivity contribution in [3.63, 3.8) is 0 Å². The smallest absolute Gasteiger partial charge is 0.268 e. The summed E-state index contributed by atoms with van der Waals surface area (Å²) in [4.78, 5) is 38.4. The molecule has 0 saturated carbocycles. The number of ketones is 1. The van der Waals surface area contributed by atoms with Crippen molar-refractivity contribution in [1.82, 2.24) is 9.88 Å². The first-order valence-corrected chi connectivity index (χ1v) is 8.49. The second-order valence-corrected chi connectivity index (χ2v) is 7.21. The van der Waals surface area contributed by atoms with E-state index in [9.17, 15) is 14.4 Å². The lowest BCUT2D eigenvalue weighted by molar-refractivity contribution is 0.0909. The zero-order chi connectivity index (χ0) is 18.2. The van der Waals surface area contributed by atoms with Crippen LogP contribution in [-0.2, 0) is 6.42 Å². The van der Waals surface area contributed by atoms with Gasteiger partial charge in [-0.25, -0.2) is 0 Å². The van der Waals surface area contributed by atoms with E-state index in [2.05, 4.69) is 5.32 Å². The predicted molar refractivity (Wildman–Crippen MR) is 96.5 cm³/mol. The fourth-order valence-electron chi connectivity index (χ4n) is 3.41. The summed E-state index contributed by atoms with van der Waals surface area (Å²) in [5, 5.41) is 2.71. The highest BCUT2D eigenvalue weighted by molar-refractivity contribution is 6.04. The fourth-order valence-corrected chi connectivity index (χ4v) is 3.41. The number of amides is 1. The molecule has 3 rings (SSSR count). The summed E-state index contributed by atoms with van der Waals surface area (Å²) in [6, 6.07) is 9.06. The quantitative estimate of drug-likeness (QED) is 0.936. The lowest BCUT2D eigenvalue weighted by atomic mass is 9.73. The molecule has 0 aliphatic heterocycles. The summed E-state index contributed by atoms with van der Waals surface area (Å²) < 4.78 is 1.40. The molecule has 0 fully saturated rings. The molecule has 5 nitrogen and oxygen atoms in total. The summed E-state index contributed by atoms with van der Waals surface area (Å²) in [5.41, 5.74) is 1.12. The van der Waals surface area contributed by atoms with E-state index in [1.165, 1.54) is 4.57 Å². The minimum atomic E-state index is -0.417. The van der Waals surface area contributed by atoms with Crippen LogP contribution in [0.4, 0.5) is 0 Å². The van der Waals surface area contributed by atoms with Crippen molar-refractivity contribution in [3.05, 3.63) is 63.6 Å². The second kappa shape index (κ2) is 6.31. The SMILES string of the molecule is CCNC(=O)c1c2c(cn(-c3ccccc3)c1=O)C(=O)CC(C)(C)C2. The van der Waals surface area contributed by atoms with E-state index in [0.29, 0.717) is 36.2 Å². The number of rotatable bonds is 3. The van der Waals surface area contributed by atoms with Gasteiger partial charge in [0.25, 0.3) is 11.5 Å². The highest BCUT2D eigenvalue weighted by Gasteiger charge is 2.35. The zero-order valence-corrected chi connectivity index (χ0v) is 14.8. The van der Waals surface area contributed by atoms with Gasteiger partial charge in [0.1, 0.15) is 5.56 Å². The number of nitrogens with one attached hydrogen (secondary N) is 1. The van der Waals surface area contributed by atoms with Gasteiger partial charge in [-0.15, -0.1) is 0 Å². The number of pyridine rings is 1. The van der Waals surface area contributed by atoms with E-state index in [1.807, 2.05) is 32.0 Å². The molecule has 0 spiro atoms. The second-order valence-electron chi connectivity index (χ2n) is 7.21. The summed E-state index contributed by atoms with van der Waals surface area (Å²) >= 11 is 0. The highest BCUT2D eigenvalue weighted by Crippen LogP contribution is 2.35.